The van der Waals surface area contributed by atoms with Gasteiger partial charge in [-0.1, -0.05) is 77.0 Å². The number of aliphatic carboxylic acids is 1. The molecule has 1 heterocycles. The predicted octanol–water partition coefficient (Wildman–Crippen LogP) is 7.15. The van der Waals surface area contributed by atoms with Crippen molar-refractivity contribution in [1.82, 2.24) is 0 Å². The summed E-state index contributed by atoms with van der Waals surface area (Å²) in [4.78, 5) is 11.3. The van der Waals surface area contributed by atoms with Gasteiger partial charge >= 0.3 is 5.97 Å². The van der Waals surface area contributed by atoms with Crippen molar-refractivity contribution in [3.8, 4) is 17.2 Å². The lowest BCUT2D eigenvalue weighted by atomic mass is 9.66. The Kier molecular flexibility index (Phi) is 9.26. The Morgan fingerprint density at radius 1 is 0.971 bits per heavy atom. The van der Waals surface area contributed by atoms with E-state index in [2.05, 4.69) is 6.92 Å². The minimum Gasteiger partial charge on any atom is -0.508 e. The lowest BCUT2D eigenvalue weighted by Crippen LogP contribution is -2.40. The molecule has 3 atom stereocenters. The fourth-order valence-corrected chi connectivity index (χ4v) is 5.39. The first-order chi connectivity index (χ1) is 16.3. The fourth-order valence-electron chi connectivity index (χ4n) is 5.39. The summed E-state index contributed by atoms with van der Waals surface area (Å²) in [5, 5.41) is 29.0. The average Bonchev–Trinajstić information content (AvgIpc) is 2.81. The SMILES string of the molecule is CCCC(CCCCCCCC[C@@H]1c2ccc(O)cc2OC[C@]1(C)c1ccc(O)cc1)C(=O)O. The molecule has 5 heteroatoms. The van der Waals surface area contributed by atoms with Crippen LogP contribution in [0.3, 0.4) is 0 Å². The lowest BCUT2D eigenvalue weighted by molar-refractivity contribution is -0.142. The molecular formula is C29H40O5. The normalized spacial score (nSPS) is 20.4. The highest BCUT2D eigenvalue weighted by Gasteiger charge is 2.42. The van der Waals surface area contributed by atoms with Crippen LogP contribution in [0.4, 0.5) is 0 Å². The van der Waals surface area contributed by atoms with Gasteiger partial charge in [-0.05, 0) is 48.6 Å². The molecule has 3 N–H and O–H groups in total. The molecule has 1 unspecified atom stereocenters. The minimum absolute atomic E-state index is 0.185. The van der Waals surface area contributed by atoms with E-state index in [9.17, 15) is 20.1 Å². The van der Waals surface area contributed by atoms with E-state index in [1.807, 2.05) is 25.1 Å². The van der Waals surface area contributed by atoms with Crippen molar-refractivity contribution in [2.75, 3.05) is 6.61 Å². The highest BCUT2D eigenvalue weighted by atomic mass is 16.5. The summed E-state index contributed by atoms with van der Waals surface area (Å²) in [5.74, 6) is 0.664. The van der Waals surface area contributed by atoms with Gasteiger partial charge in [0.15, 0.2) is 0 Å². The van der Waals surface area contributed by atoms with Crippen molar-refractivity contribution in [2.45, 2.75) is 89.4 Å². The molecule has 0 spiro atoms. The van der Waals surface area contributed by atoms with Gasteiger partial charge in [0.25, 0.3) is 0 Å². The molecule has 1 aliphatic heterocycles. The molecule has 0 amide bonds. The number of carbonyl (C=O) groups is 1. The van der Waals surface area contributed by atoms with Gasteiger partial charge in [0.2, 0.25) is 0 Å². The van der Waals surface area contributed by atoms with Crippen LogP contribution in [0.5, 0.6) is 17.2 Å². The number of phenolic OH excluding ortho intramolecular Hbond substituents is 2. The van der Waals surface area contributed by atoms with E-state index < -0.39 is 5.97 Å². The first kappa shape index (κ1) is 25.9. The molecule has 0 saturated heterocycles. The topological polar surface area (TPSA) is 87.0 Å². The van der Waals surface area contributed by atoms with Gasteiger partial charge < -0.3 is 20.1 Å². The molecule has 0 radical (unpaired) electrons. The highest BCUT2D eigenvalue weighted by Crippen LogP contribution is 2.49. The van der Waals surface area contributed by atoms with Crippen molar-refractivity contribution in [2.24, 2.45) is 5.92 Å². The van der Waals surface area contributed by atoms with Gasteiger partial charge in [0.1, 0.15) is 17.2 Å². The third-order valence-corrected chi connectivity index (χ3v) is 7.48. The van der Waals surface area contributed by atoms with Crippen LogP contribution in [0.2, 0.25) is 0 Å². The highest BCUT2D eigenvalue weighted by molar-refractivity contribution is 5.69. The second-order valence-corrected chi connectivity index (χ2v) is 10.1. The summed E-state index contributed by atoms with van der Waals surface area (Å²) in [6.45, 7) is 4.80. The maximum Gasteiger partial charge on any atom is 0.306 e. The number of carboxylic acids is 1. The summed E-state index contributed by atoms with van der Waals surface area (Å²) in [5.41, 5.74) is 2.06. The van der Waals surface area contributed by atoms with E-state index in [0.717, 1.165) is 81.1 Å². The first-order valence-electron chi connectivity index (χ1n) is 12.8. The van der Waals surface area contributed by atoms with Crippen molar-refractivity contribution in [1.29, 1.82) is 0 Å². The van der Waals surface area contributed by atoms with Crippen molar-refractivity contribution in [3.63, 3.8) is 0 Å². The van der Waals surface area contributed by atoms with Crippen LogP contribution in [0, 0.1) is 5.92 Å². The van der Waals surface area contributed by atoms with E-state index >= 15 is 0 Å². The molecule has 186 valence electrons. The summed E-state index contributed by atoms with van der Waals surface area (Å²) in [6.07, 6.45) is 10.2. The molecule has 2 aromatic rings. The molecule has 2 aromatic carbocycles. The van der Waals surface area contributed by atoms with Crippen molar-refractivity contribution < 1.29 is 24.9 Å². The number of fused-ring (bicyclic) bond motifs is 1. The lowest BCUT2D eigenvalue weighted by Gasteiger charge is -2.43. The predicted molar refractivity (Wildman–Crippen MR) is 135 cm³/mol. The minimum atomic E-state index is -0.649. The van der Waals surface area contributed by atoms with E-state index in [4.69, 9.17) is 4.74 Å². The van der Waals surface area contributed by atoms with Crippen LogP contribution in [-0.2, 0) is 10.2 Å². The summed E-state index contributed by atoms with van der Waals surface area (Å²) in [6, 6.07) is 12.9. The fraction of sp³-hybridized carbons (Fsp3) is 0.552. The Balaban J connectivity index is 1.55. The monoisotopic (exact) mass is 468 g/mol. The molecule has 0 fully saturated rings. The zero-order valence-corrected chi connectivity index (χ0v) is 20.6. The average molecular weight is 469 g/mol. The Hall–Kier alpha value is -2.69. The molecule has 0 saturated carbocycles. The number of phenols is 2. The standard InChI is InChI=1S/C29H40O5/c1-3-10-21(28(32)33)11-8-6-4-5-7-9-12-26-25-18-17-24(31)19-27(25)34-20-29(26,2)22-13-15-23(30)16-14-22/h13-19,21,26,30-31H,3-12,20H2,1-2H3,(H,32,33)/t21?,26-,29-/m1/s1. The number of aromatic hydroxyl groups is 2. The maximum atomic E-state index is 11.3. The molecule has 0 bridgehead atoms. The second kappa shape index (κ2) is 12.1. The van der Waals surface area contributed by atoms with E-state index in [1.54, 1.807) is 24.3 Å². The zero-order chi connectivity index (χ0) is 24.6. The van der Waals surface area contributed by atoms with E-state index in [0.29, 0.717) is 6.61 Å². The molecule has 0 aliphatic carbocycles. The quantitative estimate of drug-likeness (QED) is 0.272. The molecule has 5 nitrogen and oxygen atoms in total. The van der Waals surface area contributed by atoms with Gasteiger partial charge in [-0.25, -0.2) is 0 Å². The third-order valence-electron chi connectivity index (χ3n) is 7.48. The van der Waals surface area contributed by atoms with Crippen molar-refractivity contribution in [3.05, 3.63) is 53.6 Å². The van der Waals surface area contributed by atoms with Crippen molar-refractivity contribution >= 4 is 5.97 Å². The van der Waals surface area contributed by atoms with Crippen LogP contribution >= 0.6 is 0 Å². The van der Waals surface area contributed by atoms with Crippen LogP contribution < -0.4 is 4.74 Å². The Morgan fingerprint density at radius 3 is 2.29 bits per heavy atom. The molecule has 3 rings (SSSR count). The summed E-state index contributed by atoms with van der Waals surface area (Å²) >= 11 is 0. The number of benzene rings is 2. The Labute approximate surface area is 203 Å². The number of unbranched alkanes of at least 4 members (excludes halogenated alkanes) is 5. The van der Waals surface area contributed by atoms with E-state index in [-0.39, 0.29) is 28.7 Å². The van der Waals surface area contributed by atoms with Crippen LogP contribution in [0.1, 0.15) is 95.1 Å². The molecular weight excluding hydrogens is 428 g/mol. The number of ether oxygens (including phenoxy) is 1. The molecule has 0 aromatic heterocycles. The van der Waals surface area contributed by atoms with Crippen LogP contribution in [0.25, 0.3) is 0 Å². The summed E-state index contributed by atoms with van der Waals surface area (Å²) < 4.78 is 6.10. The van der Waals surface area contributed by atoms with E-state index in [1.165, 1.54) is 0 Å². The zero-order valence-electron chi connectivity index (χ0n) is 20.6. The maximum absolute atomic E-state index is 11.3. The van der Waals surface area contributed by atoms with Gasteiger partial charge in [0, 0.05) is 17.4 Å². The number of hydrogen-bond donors (Lipinski definition) is 3. The smallest absolute Gasteiger partial charge is 0.306 e. The number of carboxylic acid groups (broad SMARTS) is 1. The van der Waals surface area contributed by atoms with Gasteiger partial charge in [-0.2, -0.15) is 0 Å². The largest absolute Gasteiger partial charge is 0.508 e. The Morgan fingerprint density at radius 2 is 1.62 bits per heavy atom. The Bertz CT molecular complexity index is 923. The first-order valence-corrected chi connectivity index (χ1v) is 12.8. The number of rotatable bonds is 13. The van der Waals surface area contributed by atoms with Crippen LogP contribution in [0.15, 0.2) is 42.5 Å². The van der Waals surface area contributed by atoms with Gasteiger partial charge in [-0.15, -0.1) is 0 Å². The van der Waals surface area contributed by atoms with Gasteiger partial charge in [-0.3, -0.25) is 4.79 Å². The second-order valence-electron chi connectivity index (χ2n) is 10.1. The van der Waals surface area contributed by atoms with Gasteiger partial charge in [0.05, 0.1) is 12.5 Å². The summed E-state index contributed by atoms with van der Waals surface area (Å²) in [7, 11) is 0. The molecule has 34 heavy (non-hydrogen) atoms. The molecule has 1 aliphatic rings. The third kappa shape index (κ3) is 6.46. The number of hydrogen-bond acceptors (Lipinski definition) is 4. The van der Waals surface area contributed by atoms with Crippen LogP contribution in [-0.4, -0.2) is 27.9 Å².